The second kappa shape index (κ2) is 20.2. The van der Waals surface area contributed by atoms with Crippen LogP contribution in [0.5, 0.6) is 5.75 Å². The van der Waals surface area contributed by atoms with E-state index in [1.807, 2.05) is 83.1 Å². The highest BCUT2D eigenvalue weighted by Gasteiger charge is 2.32. The molecule has 0 spiro atoms. The van der Waals surface area contributed by atoms with Gasteiger partial charge in [-0.25, -0.2) is 14.4 Å². The number of carbonyl (C=O) groups is 5. The zero-order valence-corrected chi connectivity index (χ0v) is 35.0. The number of alkyl carbamates (subject to hydrolysis) is 2. The molecule has 13 nitrogen and oxygen atoms in total. The third-order valence-corrected chi connectivity index (χ3v) is 9.28. The van der Waals surface area contributed by atoms with Gasteiger partial charge in [-0.15, -0.1) is 0 Å². The minimum absolute atomic E-state index is 0.0407. The molecule has 3 aromatic rings. The molecule has 5 N–H and O–H groups in total. The van der Waals surface area contributed by atoms with Crippen molar-refractivity contribution in [2.75, 3.05) is 13.2 Å². The van der Waals surface area contributed by atoms with Crippen molar-refractivity contribution in [3.63, 3.8) is 0 Å². The Morgan fingerprint density at radius 1 is 0.690 bits per heavy atom. The highest BCUT2D eigenvalue weighted by atomic mass is 16.6. The smallest absolute Gasteiger partial charge is 0.407 e. The first kappa shape index (κ1) is 45.1. The average molecular weight is 801 g/mol. The normalized spacial score (nSPS) is 13.9. The maximum absolute atomic E-state index is 14.1. The Labute approximate surface area is 342 Å². The molecular weight excluding hydrogens is 741 g/mol. The molecule has 1 aliphatic rings. The first-order valence-corrected chi connectivity index (χ1v) is 20.0. The van der Waals surface area contributed by atoms with Crippen LogP contribution in [-0.4, -0.2) is 77.6 Å². The molecule has 3 aromatic carbocycles. The molecule has 1 aliphatic carbocycles. The lowest BCUT2D eigenvalue weighted by Crippen LogP contribution is -2.56. The van der Waals surface area contributed by atoms with Crippen molar-refractivity contribution >= 4 is 30.0 Å². The van der Waals surface area contributed by atoms with Gasteiger partial charge in [0.05, 0.1) is 0 Å². The van der Waals surface area contributed by atoms with E-state index in [1.54, 1.807) is 45.0 Å². The first-order valence-electron chi connectivity index (χ1n) is 20.0. The minimum atomic E-state index is -1.23. The summed E-state index contributed by atoms with van der Waals surface area (Å²) < 4.78 is 17.0. The molecule has 0 bridgehead atoms. The Bertz CT molecular complexity index is 1840. The monoisotopic (exact) mass is 800 g/mol. The summed E-state index contributed by atoms with van der Waals surface area (Å²) in [4.78, 5) is 65.4. The maximum Gasteiger partial charge on any atom is 0.407 e. The fourth-order valence-electron chi connectivity index (χ4n) is 6.76. The lowest BCUT2D eigenvalue weighted by atomic mass is 9.98. The van der Waals surface area contributed by atoms with Crippen LogP contribution in [0.1, 0.15) is 104 Å². The van der Waals surface area contributed by atoms with Crippen LogP contribution in [0.4, 0.5) is 9.59 Å². The molecule has 0 radical (unpaired) electrons. The number of hydrogen-bond acceptors (Lipinski definition) is 8. The molecule has 3 atom stereocenters. The molecule has 314 valence electrons. The van der Waals surface area contributed by atoms with Crippen molar-refractivity contribution < 1.29 is 43.3 Å². The van der Waals surface area contributed by atoms with E-state index in [9.17, 15) is 29.1 Å². The number of hydrogen-bond donors (Lipinski definition) is 5. The number of nitrogens with one attached hydrogen (secondary N) is 4. The Balaban J connectivity index is 1.45. The molecular formula is C45H60N4O9. The Hall–Kier alpha value is -5.59. The number of rotatable bonds is 18. The Morgan fingerprint density at radius 2 is 1.26 bits per heavy atom. The minimum Gasteiger partial charge on any atom is -0.488 e. The second-order valence-corrected chi connectivity index (χ2v) is 17.1. The van der Waals surface area contributed by atoms with Gasteiger partial charge in [0.2, 0.25) is 11.8 Å². The number of aliphatic carboxylic acids is 1. The molecule has 58 heavy (non-hydrogen) atoms. The number of fused-ring (bicyclic) bond motifs is 3. The predicted octanol–water partition coefficient (Wildman–Crippen LogP) is 7.11. The highest BCUT2D eigenvalue weighted by molar-refractivity contribution is 5.93. The average Bonchev–Trinajstić information content (AvgIpc) is 3.45. The number of benzene rings is 3. The number of ether oxygens (including phenoxy) is 3. The van der Waals surface area contributed by atoms with Gasteiger partial charge >= 0.3 is 18.2 Å². The number of carboxylic acid groups (broad SMARTS) is 1. The van der Waals surface area contributed by atoms with Gasteiger partial charge in [-0.1, -0.05) is 74.5 Å². The van der Waals surface area contributed by atoms with Crippen molar-refractivity contribution in [3.8, 4) is 16.9 Å². The quantitative estimate of drug-likeness (QED) is 0.0838. The molecule has 0 heterocycles. The number of unbranched alkanes of at least 4 members (excludes halogenated alkanes) is 1. The summed E-state index contributed by atoms with van der Waals surface area (Å²) in [5.74, 6) is -2.13. The lowest BCUT2D eigenvalue weighted by Gasteiger charge is -2.26. The highest BCUT2D eigenvalue weighted by Crippen LogP contribution is 2.44. The predicted molar refractivity (Wildman–Crippen MR) is 222 cm³/mol. The van der Waals surface area contributed by atoms with Crippen molar-refractivity contribution in [1.82, 2.24) is 21.3 Å². The largest absolute Gasteiger partial charge is 0.488 e. The van der Waals surface area contributed by atoms with Gasteiger partial charge in [-0.3, -0.25) is 9.59 Å². The molecule has 0 aromatic heterocycles. The van der Waals surface area contributed by atoms with Crippen LogP contribution in [-0.2, 0) is 30.3 Å². The number of carboxylic acids is 1. The summed E-state index contributed by atoms with van der Waals surface area (Å²) in [5.41, 5.74) is 3.91. The van der Waals surface area contributed by atoms with Gasteiger partial charge in [-0.05, 0) is 113 Å². The van der Waals surface area contributed by atoms with Gasteiger partial charge in [0.15, 0.2) is 0 Å². The summed E-state index contributed by atoms with van der Waals surface area (Å²) in [6, 6.07) is 19.7. The summed E-state index contributed by atoms with van der Waals surface area (Å²) >= 11 is 0. The lowest BCUT2D eigenvalue weighted by molar-refractivity contribution is -0.142. The second-order valence-electron chi connectivity index (χ2n) is 17.1. The zero-order chi connectivity index (χ0) is 42.6. The molecule has 4 amide bonds. The van der Waals surface area contributed by atoms with Gasteiger partial charge < -0.3 is 40.6 Å². The molecule has 0 unspecified atom stereocenters. The number of carbonyl (C=O) groups excluding carboxylic acids is 4. The van der Waals surface area contributed by atoms with Gasteiger partial charge in [0.1, 0.15) is 41.7 Å². The van der Waals surface area contributed by atoms with Gasteiger partial charge in [-0.2, -0.15) is 0 Å². The van der Waals surface area contributed by atoms with Crippen LogP contribution in [0.3, 0.4) is 0 Å². The summed E-state index contributed by atoms with van der Waals surface area (Å²) in [7, 11) is 0. The van der Waals surface area contributed by atoms with Crippen molar-refractivity contribution in [2.45, 2.75) is 123 Å². The van der Waals surface area contributed by atoms with E-state index >= 15 is 0 Å². The molecule has 13 heteroatoms. The maximum atomic E-state index is 14.1. The van der Waals surface area contributed by atoms with Gasteiger partial charge in [0, 0.05) is 18.9 Å². The van der Waals surface area contributed by atoms with Crippen molar-refractivity contribution in [2.24, 2.45) is 5.92 Å². The van der Waals surface area contributed by atoms with Crippen LogP contribution in [0.25, 0.3) is 11.1 Å². The standard InChI is InChI=1S/C45H60N4O9/c1-28(2)25-37(39(50)47-36(41(52)53)19-13-14-24-46-42(54)58-45(6,7)8)48-40(51)38(26-29-20-22-30(23-21-29)57-44(3,4)5)49-43(55)56-27-35-33-17-11-9-15-31(33)32-16-10-12-18-34(32)35/h9-12,15-18,20-23,28,35-38H,13-14,19,24-27H2,1-8H3,(H,46,54)(H,47,50)(H,48,51)(H,49,55)(H,52,53)/t36-,37-,38-/m0/s1. The summed E-state index contributed by atoms with van der Waals surface area (Å²) in [6.45, 7) is 15.2. The first-order chi connectivity index (χ1) is 27.3. The SMILES string of the molecule is CC(C)C[C@H](NC(=O)[C@H](Cc1ccc(OC(C)(C)C)cc1)NC(=O)OCC1c2ccccc2-c2ccccc21)C(=O)N[C@@H](CCCCNC(=O)OC(C)(C)C)C(=O)O. The molecule has 0 aliphatic heterocycles. The zero-order valence-electron chi connectivity index (χ0n) is 35.0. The van der Waals surface area contributed by atoms with E-state index < -0.39 is 59.3 Å². The van der Waals surface area contributed by atoms with E-state index in [2.05, 4.69) is 21.3 Å². The van der Waals surface area contributed by atoms with Crippen LogP contribution in [0, 0.1) is 5.92 Å². The fraction of sp³-hybridized carbons (Fsp3) is 0.489. The van der Waals surface area contributed by atoms with Crippen LogP contribution < -0.4 is 26.0 Å². The number of amides is 4. The Morgan fingerprint density at radius 3 is 1.81 bits per heavy atom. The van der Waals surface area contributed by atoms with Crippen LogP contribution >= 0.6 is 0 Å². The van der Waals surface area contributed by atoms with Crippen molar-refractivity contribution in [1.29, 1.82) is 0 Å². The third-order valence-electron chi connectivity index (χ3n) is 9.28. The fourth-order valence-corrected chi connectivity index (χ4v) is 6.76. The van der Waals surface area contributed by atoms with Crippen molar-refractivity contribution in [3.05, 3.63) is 89.5 Å². The van der Waals surface area contributed by atoms with Crippen LogP contribution in [0.15, 0.2) is 72.8 Å². The Kier molecular flexibility index (Phi) is 15.7. The van der Waals surface area contributed by atoms with Crippen LogP contribution in [0.2, 0.25) is 0 Å². The topological polar surface area (TPSA) is 181 Å². The third kappa shape index (κ3) is 14.1. The molecule has 0 saturated heterocycles. The molecule has 0 saturated carbocycles. The van der Waals surface area contributed by atoms with E-state index in [0.717, 1.165) is 27.8 Å². The molecule has 0 fully saturated rings. The van der Waals surface area contributed by atoms with E-state index in [4.69, 9.17) is 14.2 Å². The summed E-state index contributed by atoms with van der Waals surface area (Å²) in [6.07, 6.45) is -0.151. The van der Waals surface area contributed by atoms with E-state index in [-0.39, 0.29) is 44.2 Å². The summed E-state index contributed by atoms with van der Waals surface area (Å²) in [5, 5.41) is 20.7. The van der Waals surface area contributed by atoms with E-state index in [0.29, 0.717) is 18.6 Å². The van der Waals surface area contributed by atoms with E-state index in [1.165, 1.54) is 0 Å². The molecule has 4 rings (SSSR count). The van der Waals surface area contributed by atoms with Gasteiger partial charge in [0.25, 0.3) is 0 Å².